The van der Waals surface area contributed by atoms with Gasteiger partial charge in [-0.15, -0.1) is 0 Å². The summed E-state index contributed by atoms with van der Waals surface area (Å²) in [5, 5.41) is 9.77. The smallest absolute Gasteiger partial charge is 0.231 e. The van der Waals surface area contributed by atoms with E-state index in [1.54, 1.807) is 0 Å². The number of aromatic nitrogens is 3. The summed E-state index contributed by atoms with van der Waals surface area (Å²) < 4.78 is 21.8. The molecule has 168 valence electrons. The number of hydrogen-bond acceptors (Lipinski definition) is 11. The van der Waals surface area contributed by atoms with Gasteiger partial charge >= 0.3 is 0 Å². The highest BCUT2D eigenvalue weighted by Gasteiger charge is 2.23. The van der Waals surface area contributed by atoms with E-state index in [4.69, 9.17) is 24.7 Å². The van der Waals surface area contributed by atoms with Gasteiger partial charge in [0.2, 0.25) is 24.6 Å². The second-order valence-electron chi connectivity index (χ2n) is 7.17. The average molecular weight is 431 g/mol. The van der Waals surface area contributed by atoms with Crippen LogP contribution < -0.4 is 31.2 Å². The molecule has 1 aromatic heterocycles. The molecule has 4 rings (SSSR count). The minimum atomic E-state index is 0.239. The van der Waals surface area contributed by atoms with E-state index in [2.05, 4.69) is 30.9 Å². The summed E-state index contributed by atoms with van der Waals surface area (Å²) in [6, 6.07) is 6.24. The molecule has 1 aliphatic heterocycles. The molecule has 0 atom stereocenters. The number of nitrogens with zero attached hydrogens (tertiary/aromatic N) is 3. The fourth-order valence-corrected chi connectivity index (χ4v) is 2.95. The lowest BCUT2D eigenvalue weighted by Crippen LogP contribution is -2.17. The Bertz CT molecular complexity index is 850. The molecule has 11 nitrogen and oxygen atoms in total. The van der Waals surface area contributed by atoms with Crippen LogP contribution in [-0.4, -0.2) is 67.3 Å². The SMILES string of the molecule is NCCOCCOCCNc1nc(NCc2cccc3c2OCO3)nc(NC2CC2)n1. The third kappa shape index (κ3) is 6.54. The van der Waals surface area contributed by atoms with Crippen LogP contribution in [0.2, 0.25) is 0 Å². The van der Waals surface area contributed by atoms with Crippen molar-refractivity contribution in [1.29, 1.82) is 0 Å². The molecule has 31 heavy (non-hydrogen) atoms. The number of rotatable bonds is 14. The van der Waals surface area contributed by atoms with Crippen molar-refractivity contribution in [3.63, 3.8) is 0 Å². The molecule has 0 amide bonds. The number of nitrogens with two attached hydrogens (primary N) is 1. The van der Waals surface area contributed by atoms with Crippen molar-refractivity contribution < 1.29 is 18.9 Å². The minimum absolute atomic E-state index is 0.239. The Balaban J connectivity index is 1.31. The van der Waals surface area contributed by atoms with Crippen molar-refractivity contribution in [3.05, 3.63) is 23.8 Å². The molecule has 0 unspecified atom stereocenters. The lowest BCUT2D eigenvalue weighted by atomic mass is 10.2. The first kappa shape index (κ1) is 21.3. The van der Waals surface area contributed by atoms with Crippen molar-refractivity contribution >= 4 is 17.8 Å². The van der Waals surface area contributed by atoms with Crippen LogP contribution in [0.5, 0.6) is 11.5 Å². The largest absolute Gasteiger partial charge is 0.454 e. The zero-order valence-electron chi connectivity index (χ0n) is 17.4. The number of hydrogen-bond donors (Lipinski definition) is 4. The second-order valence-corrected chi connectivity index (χ2v) is 7.17. The monoisotopic (exact) mass is 431 g/mol. The van der Waals surface area contributed by atoms with E-state index in [0.717, 1.165) is 29.9 Å². The van der Waals surface area contributed by atoms with E-state index in [-0.39, 0.29) is 6.79 Å². The van der Waals surface area contributed by atoms with Crippen LogP contribution in [0.1, 0.15) is 18.4 Å². The van der Waals surface area contributed by atoms with Crippen LogP contribution >= 0.6 is 0 Å². The molecule has 0 saturated heterocycles. The lowest BCUT2D eigenvalue weighted by Gasteiger charge is -2.12. The van der Waals surface area contributed by atoms with Crippen LogP contribution in [-0.2, 0) is 16.0 Å². The molecular weight excluding hydrogens is 402 g/mol. The van der Waals surface area contributed by atoms with Gasteiger partial charge in [-0.1, -0.05) is 12.1 Å². The number of anilines is 3. The molecule has 2 aromatic rings. The topological polar surface area (TPSA) is 138 Å². The highest BCUT2D eigenvalue weighted by atomic mass is 16.7. The second kappa shape index (κ2) is 10.9. The Hall–Kier alpha value is -2.89. The van der Waals surface area contributed by atoms with E-state index >= 15 is 0 Å². The van der Waals surface area contributed by atoms with Crippen molar-refractivity contribution in [2.45, 2.75) is 25.4 Å². The number of ether oxygens (including phenoxy) is 4. The maximum absolute atomic E-state index is 5.56. The number of fused-ring (bicyclic) bond motifs is 1. The molecule has 0 radical (unpaired) electrons. The summed E-state index contributed by atoms with van der Waals surface area (Å²) in [4.78, 5) is 13.4. The molecule has 1 aliphatic carbocycles. The van der Waals surface area contributed by atoms with Crippen LogP contribution in [0.15, 0.2) is 18.2 Å². The summed E-state index contributed by atoms with van der Waals surface area (Å²) >= 11 is 0. The van der Waals surface area contributed by atoms with Gasteiger partial charge in [-0.3, -0.25) is 0 Å². The van der Waals surface area contributed by atoms with Gasteiger partial charge in [0.1, 0.15) is 0 Å². The molecule has 1 saturated carbocycles. The van der Waals surface area contributed by atoms with Crippen LogP contribution in [0.4, 0.5) is 17.8 Å². The van der Waals surface area contributed by atoms with Crippen LogP contribution in [0, 0.1) is 0 Å². The normalized spacial score (nSPS) is 14.5. The van der Waals surface area contributed by atoms with Crippen LogP contribution in [0.3, 0.4) is 0 Å². The Kier molecular flexibility index (Phi) is 7.53. The summed E-state index contributed by atoms with van der Waals surface area (Å²) in [7, 11) is 0. The molecular formula is C20H29N7O4. The molecule has 1 fully saturated rings. The summed E-state index contributed by atoms with van der Waals surface area (Å²) in [5.74, 6) is 3.03. The number of nitrogens with one attached hydrogen (secondary N) is 3. The van der Waals surface area contributed by atoms with Crippen LogP contribution in [0.25, 0.3) is 0 Å². The van der Waals surface area contributed by atoms with Crippen molar-refractivity contribution in [2.24, 2.45) is 5.73 Å². The van der Waals surface area contributed by atoms with Gasteiger partial charge < -0.3 is 40.6 Å². The van der Waals surface area contributed by atoms with E-state index in [9.17, 15) is 0 Å². The first-order chi connectivity index (χ1) is 15.3. The van der Waals surface area contributed by atoms with Gasteiger partial charge in [-0.2, -0.15) is 15.0 Å². The predicted octanol–water partition coefficient (Wildman–Crippen LogP) is 1.19. The lowest BCUT2D eigenvalue weighted by molar-refractivity contribution is 0.0547. The van der Waals surface area contributed by atoms with Gasteiger partial charge in [-0.25, -0.2) is 0 Å². The Morgan fingerprint density at radius 3 is 2.52 bits per heavy atom. The molecule has 2 aliphatic rings. The highest BCUT2D eigenvalue weighted by molar-refractivity contribution is 5.50. The van der Waals surface area contributed by atoms with Gasteiger partial charge in [0.05, 0.1) is 26.4 Å². The number of benzene rings is 1. The molecule has 0 spiro atoms. The zero-order valence-corrected chi connectivity index (χ0v) is 17.4. The predicted molar refractivity (Wildman–Crippen MR) is 116 cm³/mol. The van der Waals surface area contributed by atoms with E-state index in [0.29, 0.717) is 69.9 Å². The van der Waals surface area contributed by atoms with Crippen molar-refractivity contribution in [2.75, 3.05) is 62.3 Å². The first-order valence-electron chi connectivity index (χ1n) is 10.6. The molecule has 1 aromatic carbocycles. The number of para-hydroxylation sites is 1. The average Bonchev–Trinajstić information content (AvgIpc) is 3.45. The van der Waals surface area contributed by atoms with Crippen molar-refractivity contribution in [3.8, 4) is 11.5 Å². The molecule has 0 bridgehead atoms. The zero-order chi connectivity index (χ0) is 21.3. The maximum atomic E-state index is 5.56. The summed E-state index contributed by atoms with van der Waals surface area (Å²) in [6.45, 7) is 3.94. The van der Waals surface area contributed by atoms with Gasteiger partial charge in [0.25, 0.3) is 0 Å². The highest BCUT2D eigenvalue weighted by Crippen LogP contribution is 2.35. The van der Waals surface area contributed by atoms with E-state index < -0.39 is 0 Å². The Labute approximate surface area is 181 Å². The molecule has 2 heterocycles. The van der Waals surface area contributed by atoms with Gasteiger partial charge in [0.15, 0.2) is 11.5 Å². The maximum Gasteiger partial charge on any atom is 0.231 e. The third-order valence-electron chi connectivity index (χ3n) is 4.62. The molecule has 11 heteroatoms. The van der Waals surface area contributed by atoms with E-state index in [1.165, 1.54) is 0 Å². The van der Waals surface area contributed by atoms with Gasteiger partial charge in [-0.05, 0) is 18.9 Å². The summed E-state index contributed by atoms with van der Waals surface area (Å²) in [6.07, 6.45) is 2.26. The molecule has 5 N–H and O–H groups in total. The Morgan fingerprint density at radius 2 is 1.71 bits per heavy atom. The Morgan fingerprint density at radius 1 is 0.935 bits per heavy atom. The van der Waals surface area contributed by atoms with Gasteiger partial charge in [0, 0.05) is 31.2 Å². The fraction of sp³-hybridized carbons (Fsp3) is 0.550. The first-order valence-corrected chi connectivity index (χ1v) is 10.6. The summed E-state index contributed by atoms with van der Waals surface area (Å²) in [5.41, 5.74) is 6.35. The van der Waals surface area contributed by atoms with E-state index in [1.807, 2.05) is 18.2 Å². The quantitative estimate of drug-likeness (QED) is 0.321. The standard InChI is InChI=1S/C20H29N7O4/c21-6-8-28-10-11-29-9-7-22-18-25-19(27-20(26-18)24-15-4-5-15)23-12-14-2-1-3-16-17(14)31-13-30-16/h1-3,15H,4-13,21H2,(H3,22,23,24,25,26,27). The van der Waals surface area contributed by atoms with Crippen molar-refractivity contribution in [1.82, 2.24) is 15.0 Å². The fourth-order valence-electron chi connectivity index (χ4n) is 2.95. The third-order valence-corrected chi connectivity index (χ3v) is 4.62. The minimum Gasteiger partial charge on any atom is -0.454 e.